The normalized spacial score (nSPS) is 15.8. The van der Waals surface area contributed by atoms with Gasteiger partial charge in [-0.2, -0.15) is 26.3 Å². The van der Waals surface area contributed by atoms with Crippen molar-refractivity contribution in [3.8, 4) is 0 Å². The molecule has 0 unspecified atom stereocenters. The molecule has 0 aromatic carbocycles. The zero-order chi connectivity index (χ0) is 16.8. The minimum absolute atomic E-state index is 0.451. The van der Waals surface area contributed by atoms with Crippen LogP contribution in [0.2, 0.25) is 0 Å². The van der Waals surface area contributed by atoms with Crippen molar-refractivity contribution in [2.75, 3.05) is 0 Å². The maximum absolute atomic E-state index is 12.4. The molecule has 0 aliphatic heterocycles. The molecule has 0 amide bonds. The first-order chi connectivity index (χ1) is 8.43. The van der Waals surface area contributed by atoms with E-state index in [2.05, 4.69) is 4.43 Å². The zero-order valence-electron chi connectivity index (χ0n) is 10.1. The lowest BCUT2D eigenvalue weighted by atomic mass is 10.3. The van der Waals surface area contributed by atoms with Gasteiger partial charge in [0.1, 0.15) is 16.2 Å². The van der Waals surface area contributed by atoms with E-state index in [1.807, 2.05) is 0 Å². The third-order valence-electron chi connectivity index (χ3n) is 1.96. The summed E-state index contributed by atoms with van der Waals surface area (Å²) in [6.07, 6.45) is 0. The Hall–Kier alpha value is -0.383. The summed E-state index contributed by atoms with van der Waals surface area (Å²) < 4.78 is 121. The standard InChI is InChI=1S/C5H9F6NO5S2Si/c1-3(2,17-20)12(18(13,14)4(6,7)8)19(15,16)5(9,10)11/h1-2,20H3. The number of halogens is 6. The Morgan fingerprint density at radius 3 is 1.25 bits per heavy atom. The van der Waals surface area contributed by atoms with Gasteiger partial charge in [0.05, 0.1) is 0 Å². The van der Waals surface area contributed by atoms with Gasteiger partial charge in [0, 0.05) is 0 Å². The van der Waals surface area contributed by atoms with Gasteiger partial charge in [0.15, 0.2) is 0 Å². The molecule has 0 N–H and O–H groups in total. The van der Waals surface area contributed by atoms with Crippen LogP contribution in [0.5, 0.6) is 0 Å². The highest BCUT2D eigenvalue weighted by atomic mass is 32.3. The van der Waals surface area contributed by atoms with Crippen LogP contribution in [-0.4, -0.2) is 47.8 Å². The second kappa shape index (κ2) is 5.11. The van der Waals surface area contributed by atoms with E-state index in [-0.39, 0.29) is 0 Å². The molecule has 0 aromatic heterocycles. The topological polar surface area (TPSA) is 80.8 Å². The van der Waals surface area contributed by atoms with Crippen LogP contribution in [0.25, 0.3) is 0 Å². The van der Waals surface area contributed by atoms with Crippen LogP contribution in [0, 0.1) is 0 Å². The summed E-state index contributed by atoms with van der Waals surface area (Å²) in [4.78, 5) is 0. The van der Waals surface area contributed by atoms with Gasteiger partial charge in [-0.05, 0) is 17.6 Å². The van der Waals surface area contributed by atoms with Gasteiger partial charge in [0.25, 0.3) is 0 Å². The van der Waals surface area contributed by atoms with Gasteiger partial charge >= 0.3 is 31.1 Å². The highest BCUT2D eigenvalue weighted by Crippen LogP contribution is 2.39. The van der Waals surface area contributed by atoms with Crippen molar-refractivity contribution < 1.29 is 47.6 Å². The van der Waals surface area contributed by atoms with Crippen molar-refractivity contribution in [2.24, 2.45) is 0 Å². The minimum atomic E-state index is -6.83. The van der Waals surface area contributed by atoms with Gasteiger partial charge in [-0.25, -0.2) is 16.8 Å². The molecule has 122 valence electrons. The van der Waals surface area contributed by atoms with E-state index >= 15 is 0 Å². The van der Waals surface area contributed by atoms with Crippen LogP contribution in [0.15, 0.2) is 0 Å². The summed E-state index contributed by atoms with van der Waals surface area (Å²) in [7, 11) is -14.2. The van der Waals surface area contributed by atoms with Crippen LogP contribution >= 0.6 is 0 Å². The summed E-state index contributed by atoms with van der Waals surface area (Å²) in [5, 5.41) is 0. The molecule has 0 aliphatic rings. The fourth-order valence-electron chi connectivity index (χ4n) is 0.971. The highest BCUT2D eigenvalue weighted by molar-refractivity contribution is 8.04. The van der Waals surface area contributed by atoms with Crippen LogP contribution < -0.4 is 0 Å². The average Bonchev–Trinajstić information content (AvgIpc) is 2.12. The van der Waals surface area contributed by atoms with Gasteiger partial charge in [0.2, 0.25) is 0 Å². The molecule has 15 heteroatoms. The number of rotatable bonds is 4. The first kappa shape index (κ1) is 19.6. The molecule has 20 heavy (non-hydrogen) atoms. The number of alkyl halides is 6. The molecule has 0 fully saturated rings. The summed E-state index contributed by atoms with van der Waals surface area (Å²) in [5.41, 5.74) is -15.4. The van der Waals surface area contributed by atoms with Gasteiger partial charge in [-0.1, -0.05) is 0 Å². The fourth-order valence-corrected chi connectivity index (χ4v) is 4.64. The lowest BCUT2D eigenvalue weighted by Gasteiger charge is -2.35. The number of hydrogen-bond acceptors (Lipinski definition) is 5. The van der Waals surface area contributed by atoms with E-state index in [0.29, 0.717) is 13.8 Å². The molecule has 0 saturated carbocycles. The van der Waals surface area contributed by atoms with Crippen molar-refractivity contribution in [1.29, 1.82) is 0 Å². The third-order valence-corrected chi connectivity index (χ3v) is 7.06. The molecule has 0 rings (SSSR count). The fraction of sp³-hybridized carbons (Fsp3) is 1.00. The van der Waals surface area contributed by atoms with Crippen molar-refractivity contribution in [3.05, 3.63) is 0 Å². The summed E-state index contributed by atoms with van der Waals surface area (Å²) in [5.74, 6) is 0. The maximum Gasteiger partial charge on any atom is 0.512 e. The monoisotopic (exact) mass is 369 g/mol. The van der Waals surface area contributed by atoms with Crippen LogP contribution in [0.1, 0.15) is 13.8 Å². The Balaban J connectivity index is 6.51. The molecule has 6 nitrogen and oxygen atoms in total. The average molecular weight is 369 g/mol. The Labute approximate surface area is 113 Å². The lowest BCUT2D eigenvalue weighted by molar-refractivity contribution is -0.0664. The van der Waals surface area contributed by atoms with Crippen molar-refractivity contribution >= 4 is 30.5 Å². The maximum atomic E-state index is 12.4. The first-order valence-electron chi connectivity index (χ1n) is 4.41. The second-order valence-corrected chi connectivity index (χ2v) is 7.95. The Morgan fingerprint density at radius 2 is 1.10 bits per heavy atom. The van der Waals surface area contributed by atoms with E-state index in [0.717, 1.165) is 0 Å². The van der Waals surface area contributed by atoms with Gasteiger partial charge in [-0.3, -0.25) is 0 Å². The molecular weight excluding hydrogens is 360 g/mol. The van der Waals surface area contributed by atoms with Crippen LogP contribution in [0.3, 0.4) is 0 Å². The number of sulfonamides is 2. The molecule has 0 atom stereocenters. The summed E-state index contributed by atoms with van der Waals surface area (Å²) in [6, 6.07) is 0. The number of nitrogens with zero attached hydrogens (tertiary/aromatic N) is 1. The van der Waals surface area contributed by atoms with E-state index in [4.69, 9.17) is 0 Å². The van der Waals surface area contributed by atoms with Crippen molar-refractivity contribution in [1.82, 2.24) is 3.71 Å². The summed E-state index contributed by atoms with van der Waals surface area (Å²) in [6.45, 7) is 0.902. The number of hydrogen-bond donors (Lipinski definition) is 0. The lowest BCUT2D eigenvalue weighted by Crippen LogP contribution is -2.59. The third kappa shape index (κ3) is 3.26. The van der Waals surface area contributed by atoms with E-state index in [1.165, 1.54) is 0 Å². The Bertz CT molecular complexity index is 520. The molecule has 0 aliphatic carbocycles. The molecule has 0 bridgehead atoms. The quantitative estimate of drug-likeness (QED) is 0.397. The van der Waals surface area contributed by atoms with E-state index < -0.39 is 51.0 Å². The van der Waals surface area contributed by atoms with Crippen molar-refractivity contribution in [3.63, 3.8) is 0 Å². The zero-order valence-corrected chi connectivity index (χ0v) is 13.7. The SMILES string of the molecule is CC(C)(O[SiH3])N(S(=O)(=O)C(F)(F)F)S(=O)(=O)C(F)(F)F. The predicted molar refractivity (Wildman–Crippen MR) is 56.9 cm³/mol. The van der Waals surface area contributed by atoms with Gasteiger partial charge < -0.3 is 4.43 Å². The molecular formula is C5H9F6NO5S2Si. The Morgan fingerprint density at radius 1 is 0.850 bits per heavy atom. The Kier molecular flexibility index (Phi) is 5.01. The van der Waals surface area contributed by atoms with E-state index in [1.54, 1.807) is 0 Å². The molecule has 0 heterocycles. The van der Waals surface area contributed by atoms with Crippen LogP contribution in [0.4, 0.5) is 26.3 Å². The second-order valence-electron chi connectivity index (χ2n) is 3.75. The van der Waals surface area contributed by atoms with Gasteiger partial charge in [-0.15, -0.1) is 0 Å². The molecule has 0 radical (unpaired) electrons. The molecule has 0 saturated heterocycles. The molecule has 0 aromatic rings. The summed E-state index contributed by atoms with van der Waals surface area (Å²) >= 11 is 0. The predicted octanol–water partition coefficient (Wildman–Crippen LogP) is 0.0207. The highest BCUT2D eigenvalue weighted by Gasteiger charge is 2.65. The first-order valence-corrected chi connectivity index (χ1v) is 8.11. The van der Waals surface area contributed by atoms with E-state index in [9.17, 15) is 43.2 Å². The minimum Gasteiger partial charge on any atom is -0.409 e. The smallest absolute Gasteiger partial charge is 0.409 e. The van der Waals surface area contributed by atoms with Crippen LogP contribution in [-0.2, 0) is 24.5 Å². The molecule has 0 spiro atoms. The van der Waals surface area contributed by atoms with Crippen molar-refractivity contribution in [2.45, 2.75) is 30.6 Å². The largest absolute Gasteiger partial charge is 0.512 e.